The van der Waals surface area contributed by atoms with Gasteiger partial charge < -0.3 is 5.32 Å². The Hall–Kier alpha value is -2.10. The molecule has 0 saturated heterocycles. The van der Waals surface area contributed by atoms with E-state index in [-0.39, 0.29) is 5.78 Å². The molecule has 0 bridgehead atoms. The zero-order chi connectivity index (χ0) is 13.4. The number of nitrogens with zero attached hydrogens (tertiary/aromatic N) is 2. The van der Waals surface area contributed by atoms with Crippen LogP contribution in [-0.2, 0) is 6.42 Å². The first-order valence-electron chi connectivity index (χ1n) is 6.64. The third-order valence-electron chi connectivity index (χ3n) is 3.54. The standard InChI is InChI=1S/C15H17N3O/c1-3-11-4-5-14-12(8-11)13(10(2)19)9-18(14)15-16-6-7-17-15/h4-5,8-9H,3,6-7H2,1-2H3,(H,16,17). The van der Waals surface area contributed by atoms with E-state index in [9.17, 15) is 4.79 Å². The number of Topliss-reactive ketones (excluding diaryl/α,β-unsaturated/α-hetero) is 1. The Morgan fingerprint density at radius 1 is 1.47 bits per heavy atom. The van der Waals surface area contributed by atoms with Crippen LogP contribution < -0.4 is 5.32 Å². The van der Waals surface area contributed by atoms with Crippen molar-refractivity contribution < 1.29 is 4.79 Å². The Bertz CT molecular complexity index is 682. The van der Waals surface area contributed by atoms with Gasteiger partial charge in [0.2, 0.25) is 5.96 Å². The molecule has 1 aromatic carbocycles. The quantitative estimate of drug-likeness (QED) is 0.836. The van der Waals surface area contributed by atoms with Crippen LogP contribution in [0.1, 0.15) is 29.8 Å². The summed E-state index contributed by atoms with van der Waals surface area (Å²) in [7, 11) is 0. The Morgan fingerprint density at radius 2 is 2.32 bits per heavy atom. The first kappa shape index (κ1) is 12.0. The largest absolute Gasteiger partial charge is 0.354 e. The van der Waals surface area contributed by atoms with E-state index in [4.69, 9.17) is 0 Å². The fourth-order valence-electron chi connectivity index (χ4n) is 2.50. The average molecular weight is 255 g/mol. The van der Waals surface area contributed by atoms with Gasteiger partial charge in [-0.3, -0.25) is 14.4 Å². The molecule has 0 radical (unpaired) electrons. The van der Waals surface area contributed by atoms with Crippen molar-refractivity contribution in [1.82, 2.24) is 9.88 Å². The van der Waals surface area contributed by atoms with Crippen LogP contribution in [-0.4, -0.2) is 29.4 Å². The number of hydrogen-bond donors (Lipinski definition) is 1. The van der Waals surface area contributed by atoms with Gasteiger partial charge in [0.15, 0.2) is 5.78 Å². The van der Waals surface area contributed by atoms with Gasteiger partial charge in [-0.25, -0.2) is 0 Å². The number of ketones is 1. The summed E-state index contributed by atoms with van der Waals surface area (Å²) in [4.78, 5) is 16.2. The lowest BCUT2D eigenvalue weighted by atomic mass is 10.1. The lowest BCUT2D eigenvalue weighted by Gasteiger charge is -2.05. The Kier molecular flexibility index (Phi) is 2.85. The van der Waals surface area contributed by atoms with Crippen molar-refractivity contribution in [2.45, 2.75) is 20.3 Å². The van der Waals surface area contributed by atoms with Gasteiger partial charge >= 0.3 is 0 Å². The molecular formula is C15H17N3O. The van der Waals surface area contributed by atoms with Gasteiger partial charge in [-0.1, -0.05) is 13.0 Å². The van der Waals surface area contributed by atoms with Crippen LogP contribution in [0, 0.1) is 0 Å². The first-order valence-corrected chi connectivity index (χ1v) is 6.64. The van der Waals surface area contributed by atoms with Crippen molar-refractivity contribution >= 4 is 22.6 Å². The second-order valence-electron chi connectivity index (χ2n) is 4.81. The Balaban J connectivity index is 2.26. The second kappa shape index (κ2) is 4.53. The number of nitrogens with one attached hydrogen (secondary N) is 1. The van der Waals surface area contributed by atoms with E-state index in [1.807, 2.05) is 10.8 Å². The van der Waals surface area contributed by atoms with Gasteiger partial charge in [0, 0.05) is 23.7 Å². The number of carbonyl (C=O) groups excluding carboxylic acids is 1. The van der Waals surface area contributed by atoms with Crippen molar-refractivity contribution in [1.29, 1.82) is 0 Å². The highest BCUT2D eigenvalue weighted by Crippen LogP contribution is 2.24. The van der Waals surface area contributed by atoms with Gasteiger partial charge in [-0.15, -0.1) is 0 Å². The summed E-state index contributed by atoms with van der Waals surface area (Å²) >= 11 is 0. The molecule has 3 rings (SSSR count). The molecule has 4 heteroatoms. The minimum Gasteiger partial charge on any atom is -0.354 e. The van der Waals surface area contributed by atoms with Crippen molar-refractivity contribution in [3.63, 3.8) is 0 Å². The molecule has 2 aromatic rings. The fourth-order valence-corrected chi connectivity index (χ4v) is 2.50. The second-order valence-corrected chi connectivity index (χ2v) is 4.81. The van der Waals surface area contributed by atoms with Crippen LogP contribution in [0.3, 0.4) is 0 Å². The molecule has 1 aliphatic heterocycles. The van der Waals surface area contributed by atoms with Gasteiger partial charge in [-0.05, 0) is 31.0 Å². The summed E-state index contributed by atoms with van der Waals surface area (Å²) in [6.07, 6.45) is 2.86. The highest BCUT2D eigenvalue weighted by molar-refractivity contribution is 6.09. The normalized spacial score (nSPS) is 14.5. The minimum atomic E-state index is 0.0931. The molecule has 0 fully saturated rings. The van der Waals surface area contributed by atoms with E-state index in [1.165, 1.54) is 5.56 Å². The first-order chi connectivity index (χ1) is 9.20. The monoisotopic (exact) mass is 255 g/mol. The van der Waals surface area contributed by atoms with Gasteiger partial charge in [0.1, 0.15) is 0 Å². The zero-order valence-electron chi connectivity index (χ0n) is 11.2. The molecule has 0 unspecified atom stereocenters. The average Bonchev–Trinajstić information content (AvgIpc) is 3.04. The maximum atomic E-state index is 11.8. The van der Waals surface area contributed by atoms with Crippen molar-refractivity contribution in [2.24, 2.45) is 4.99 Å². The molecular weight excluding hydrogens is 238 g/mol. The Morgan fingerprint density at radius 3 is 2.95 bits per heavy atom. The summed E-state index contributed by atoms with van der Waals surface area (Å²) in [6.45, 7) is 5.38. The number of carbonyl (C=O) groups is 1. The number of hydrogen-bond acceptors (Lipinski definition) is 3. The molecule has 0 spiro atoms. The molecule has 0 aliphatic carbocycles. The maximum Gasteiger partial charge on any atom is 0.202 e. The van der Waals surface area contributed by atoms with E-state index < -0.39 is 0 Å². The number of aromatic nitrogens is 1. The van der Waals surface area contributed by atoms with E-state index in [1.54, 1.807) is 6.92 Å². The predicted octanol–water partition coefficient (Wildman–Crippen LogP) is 2.21. The molecule has 0 saturated carbocycles. The SMILES string of the molecule is CCc1ccc2c(c1)c(C(C)=O)cn2C1=NCCN1. The smallest absolute Gasteiger partial charge is 0.202 e. The predicted molar refractivity (Wildman–Crippen MR) is 77.0 cm³/mol. The van der Waals surface area contributed by atoms with Crippen molar-refractivity contribution in [2.75, 3.05) is 13.1 Å². The van der Waals surface area contributed by atoms with E-state index >= 15 is 0 Å². The lowest BCUT2D eigenvalue weighted by molar-refractivity contribution is 0.101. The van der Waals surface area contributed by atoms with E-state index in [2.05, 4.69) is 35.4 Å². The Labute approximate surface area is 112 Å². The third-order valence-corrected chi connectivity index (χ3v) is 3.54. The number of benzene rings is 1. The summed E-state index contributed by atoms with van der Waals surface area (Å²) < 4.78 is 1.98. The fraction of sp³-hybridized carbons (Fsp3) is 0.333. The summed E-state index contributed by atoms with van der Waals surface area (Å²) in [5.41, 5.74) is 3.05. The molecule has 1 aromatic heterocycles. The summed E-state index contributed by atoms with van der Waals surface area (Å²) in [5.74, 6) is 0.928. The highest BCUT2D eigenvalue weighted by atomic mass is 16.1. The van der Waals surface area contributed by atoms with E-state index in [0.29, 0.717) is 0 Å². The lowest BCUT2D eigenvalue weighted by Crippen LogP contribution is -2.25. The summed E-state index contributed by atoms with van der Waals surface area (Å²) in [5, 5.41) is 4.26. The molecule has 0 atom stereocenters. The van der Waals surface area contributed by atoms with E-state index in [0.717, 1.165) is 41.9 Å². The van der Waals surface area contributed by atoms with Crippen molar-refractivity contribution in [3.05, 3.63) is 35.5 Å². The van der Waals surface area contributed by atoms with Crippen LogP contribution >= 0.6 is 0 Å². The maximum absolute atomic E-state index is 11.8. The van der Waals surface area contributed by atoms with Crippen molar-refractivity contribution in [3.8, 4) is 0 Å². The third kappa shape index (κ3) is 1.93. The molecule has 2 heterocycles. The van der Waals surface area contributed by atoms with Crippen LogP contribution in [0.15, 0.2) is 29.4 Å². The number of aliphatic imine (C=N–C) groups is 1. The number of fused-ring (bicyclic) bond motifs is 1. The summed E-state index contributed by atoms with van der Waals surface area (Å²) in [6, 6.07) is 6.29. The zero-order valence-corrected chi connectivity index (χ0v) is 11.2. The van der Waals surface area contributed by atoms with Gasteiger partial charge in [0.05, 0.1) is 12.1 Å². The van der Waals surface area contributed by atoms with Crippen LogP contribution in [0.5, 0.6) is 0 Å². The topological polar surface area (TPSA) is 46.4 Å². The van der Waals surface area contributed by atoms with Crippen LogP contribution in [0.4, 0.5) is 0 Å². The molecule has 1 aliphatic rings. The molecule has 98 valence electrons. The molecule has 19 heavy (non-hydrogen) atoms. The minimum absolute atomic E-state index is 0.0931. The van der Waals surface area contributed by atoms with Gasteiger partial charge in [0.25, 0.3) is 0 Å². The molecule has 0 amide bonds. The molecule has 4 nitrogen and oxygen atoms in total. The van der Waals surface area contributed by atoms with Crippen LogP contribution in [0.2, 0.25) is 0 Å². The molecule has 1 N–H and O–H groups in total. The van der Waals surface area contributed by atoms with Gasteiger partial charge in [-0.2, -0.15) is 0 Å². The number of aryl methyl sites for hydroxylation is 1. The number of rotatable bonds is 2. The highest BCUT2D eigenvalue weighted by Gasteiger charge is 2.16. The van der Waals surface area contributed by atoms with Crippen LogP contribution in [0.25, 0.3) is 10.9 Å².